The lowest BCUT2D eigenvalue weighted by Gasteiger charge is -2.37. The fraction of sp³-hybridized carbons (Fsp3) is 0.238. The van der Waals surface area contributed by atoms with Crippen LogP contribution in [0.2, 0.25) is 0 Å². The van der Waals surface area contributed by atoms with Gasteiger partial charge in [0, 0.05) is 23.1 Å². The van der Waals surface area contributed by atoms with Crippen molar-refractivity contribution in [2.45, 2.75) is 24.7 Å². The van der Waals surface area contributed by atoms with Gasteiger partial charge in [-0.25, -0.2) is 0 Å². The number of alkyl halides is 3. The number of ketones is 2. The summed E-state index contributed by atoms with van der Waals surface area (Å²) in [6.45, 7) is -0.0971. The third-order valence-corrected chi connectivity index (χ3v) is 5.48. The lowest BCUT2D eigenvalue weighted by molar-refractivity contribution is -0.132. The summed E-state index contributed by atoms with van der Waals surface area (Å²) in [5.74, 6) is -2.67. The van der Waals surface area contributed by atoms with E-state index in [9.17, 15) is 22.8 Å². The Kier molecular flexibility index (Phi) is 3.55. The van der Waals surface area contributed by atoms with Crippen molar-refractivity contribution >= 4 is 38.8 Å². The summed E-state index contributed by atoms with van der Waals surface area (Å²) < 4.78 is 45.3. The second-order valence-electron chi connectivity index (χ2n) is 7.16. The molecule has 2 heterocycles. The van der Waals surface area contributed by atoms with Gasteiger partial charge in [0.05, 0.1) is 5.92 Å². The Morgan fingerprint density at radius 3 is 2.43 bits per heavy atom. The number of carbonyl (C=O) groups is 2. The van der Waals surface area contributed by atoms with E-state index in [1.54, 1.807) is 24.3 Å². The molecule has 1 saturated heterocycles. The van der Waals surface area contributed by atoms with Crippen LogP contribution in [-0.4, -0.2) is 30.6 Å². The van der Waals surface area contributed by atoms with Gasteiger partial charge in [-0.2, -0.15) is 13.2 Å². The van der Waals surface area contributed by atoms with Crippen molar-refractivity contribution in [2.75, 3.05) is 11.9 Å². The summed E-state index contributed by atoms with van der Waals surface area (Å²) in [5.41, 5.74) is 0.570. The lowest BCUT2D eigenvalue weighted by Crippen LogP contribution is -2.41. The molecule has 4 nitrogen and oxygen atoms in total. The van der Waals surface area contributed by atoms with Gasteiger partial charge in [0.15, 0.2) is 5.78 Å². The molecule has 0 radical (unpaired) electrons. The molecule has 2 aliphatic rings. The van der Waals surface area contributed by atoms with Gasteiger partial charge in [0.1, 0.15) is 12.8 Å². The molecule has 7 heteroatoms. The van der Waals surface area contributed by atoms with Crippen molar-refractivity contribution < 1.29 is 27.5 Å². The number of Topliss-reactive ketones (excluding diaryl/α,β-unsaturated/α-hetero) is 2. The predicted molar refractivity (Wildman–Crippen MR) is 97.6 cm³/mol. The van der Waals surface area contributed by atoms with Crippen LogP contribution in [0.5, 0.6) is 0 Å². The maximum Gasteiger partial charge on any atom is 0.454 e. The number of fused-ring (bicyclic) bond motifs is 7. The molecule has 2 atom stereocenters. The normalized spacial score (nSPS) is 21.5. The minimum atomic E-state index is -5.00. The topological polar surface area (TPSA) is 55.4 Å². The number of carbonyl (C=O) groups excluding carboxylic acids is 2. The maximum absolute atomic E-state index is 13.3. The third kappa shape index (κ3) is 2.50. The van der Waals surface area contributed by atoms with Gasteiger partial charge >= 0.3 is 6.18 Å². The van der Waals surface area contributed by atoms with Gasteiger partial charge in [-0.05, 0) is 39.9 Å². The van der Waals surface area contributed by atoms with Gasteiger partial charge in [0.2, 0.25) is 0 Å². The Labute approximate surface area is 157 Å². The zero-order valence-corrected chi connectivity index (χ0v) is 14.5. The van der Waals surface area contributed by atoms with Crippen molar-refractivity contribution in [3.63, 3.8) is 0 Å². The minimum Gasteiger partial charge on any atom is -0.359 e. The van der Waals surface area contributed by atoms with Crippen LogP contribution >= 0.6 is 0 Å². The van der Waals surface area contributed by atoms with E-state index in [0.717, 1.165) is 10.8 Å². The molecule has 1 fully saturated rings. The van der Waals surface area contributed by atoms with Crippen LogP contribution < -0.4 is 5.32 Å². The number of ether oxygens (including phenoxy) is 1. The summed E-state index contributed by atoms with van der Waals surface area (Å²) in [7, 11) is 0. The number of halogens is 3. The lowest BCUT2D eigenvalue weighted by atomic mass is 9.81. The molecule has 0 spiro atoms. The Hall–Kier alpha value is -2.93. The van der Waals surface area contributed by atoms with Crippen LogP contribution in [0.15, 0.2) is 42.5 Å². The highest BCUT2D eigenvalue weighted by atomic mass is 19.4. The van der Waals surface area contributed by atoms with E-state index in [1.165, 1.54) is 6.07 Å². The first-order chi connectivity index (χ1) is 13.3. The van der Waals surface area contributed by atoms with Gasteiger partial charge < -0.3 is 10.1 Å². The molecule has 0 saturated carbocycles. The Bertz CT molecular complexity index is 1170. The number of hydrogen-bond acceptors (Lipinski definition) is 4. The van der Waals surface area contributed by atoms with Crippen molar-refractivity contribution in [1.29, 1.82) is 0 Å². The van der Waals surface area contributed by atoms with Gasteiger partial charge in [-0.1, -0.05) is 24.3 Å². The van der Waals surface area contributed by atoms with E-state index in [-0.39, 0.29) is 24.0 Å². The molecule has 0 unspecified atom stereocenters. The Morgan fingerprint density at radius 2 is 1.75 bits per heavy atom. The largest absolute Gasteiger partial charge is 0.454 e. The average Bonchev–Trinajstić information content (AvgIpc) is 2.67. The number of anilines is 1. The van der Waals surface area contributed by atoms with E-state index >= 15 is 0 Å². The highest BCUT2D eigenvalue weighted by Gasteiger charge is 2.43. The summed E-state index contributed by atoms with van der Waals surface area (Å²) in [6, 6.07) is 11.8. The number of hydrogen-bond donors (Lipinski definition) is 1. The van der Waals surface area contributed by atoms with E-state index in [1.807, 2.05) is 12.1 Å². The summed E-state index contributed by atoms with van der Waals surface area (Å²) >= 11 is 0. The SMILES string of the molecule is O=C1CO[C@H]2C[C@@H]1c1cc(C(=O)C(F)(F)F)c3cc4ccccc4cc3c1N2. The van der Waals surface area contributed by atoms with E-state index < -0.39 is 23.4 Å². The predicted octanol–water partition coefficient (Wildman–Crippen LogP) is 4.56. The van der Waals surface area contributed by atoms with Gasteiger partial charge in [-0.3, -0.25) is 9.59 Å². The molecule has 0 aliphatic carbocycles. The second-order valence-corrected chi connectivity index (χ2v) is 7.16. The van der Waals surface area contributed by atoms with Gasteiger partial charge in [-0.15, -0.1) is 0 Å². The second kappa shape index (κ2) is 5.78. The van der Waals surface area contributed by atoms with Crippen LogP contribution in [0.25, 0.3) is 21.5 Å². The van der Waals surface area contributed by atoms with Crippen LogP contribution in [-0.2, 0) is 9.53 Å². The Morgan fingerprint density at radius 1 is 1.07 bits per heavy atom. The number of nitrogens with one attached hydrogen (secondary N) is 1. The summed E-state index contributed by atoms with van der Waals surface area (Å²) in [5, 5.41) is 5.45. The fourth-order valence-corrected chi connectivity index (χ4v) is 4.17. The standard InChI is InChI=1S/C21H14F3NO3/c22-21(23,24)20(27)16-7-15-13-8-18(28-9-17(13)26)25-19(15)14-6-11-4-2-1-3-10(11)5-12(14)16/h1-7,13,18,25H,8-9H2/t13-,18+/m1/s1. The highest BCUT2D eigenvalue weighted by Crippen LogP contribution is 2.45. The number of benzene rings is 3. The van der Waals surface area contributed by atoms with Crippen molar-refractivity contribution in [3.05, 3.63) is 53.6 Å². The molecule has 0 amide bonds. The first-order valence-corrected chi connectivity index (χ1v) is 8.85. The fourth-order valence-electron chi connectivity index (χ4n) is 4.17. The molecular weight excluding hydrogens is 371 g/mol. The Balaban J connectivity index is 1.88. The van der Waals surface area contributed by atoms with E-state index in [0.29, 0.717) is 23.1 Å². The third-order valence-electron chi connectivity index (χ3n) is 5.48. The zero-order chi connectivity index (χ0) is 19.6. The number of rotatable bonds is 1. The molecule has 3 aromatic rings. The summed E-state index contributed by atoms with van der Waals surface area (Å²) in [4.78, 5) is 24.5. The average molecular weight is 385 g/mol. The summed E-state index contributed by atoms with van der Waals surface area (Å²) in [6.07, 6.45) is -5.05. The van der Waals surface area contributed by atoms with Gasteiger partial charge in [0.25, 0.3) is 5.78 Å². The molecule has 0 aromatic heterocycles. The molecule has 28 heavy (non-hydrogen) atoms. The molecule has 142 valence electrons. The molecule has 1 N–H and O–H groups in total. The maximum atomic E-state index is 13.3. The zero-order valence-electron chi connectivity index (χ0n) is 14.5. The monoisotopic (exact) mass is 385 g/mol. The van der Waals surface area contributed by atoms with Crippen molar-refractivity contribution in [3.8, 4) is 0 Å². The molecule has 2 aliphatic heterocycles. The minimum absolute atomic E-state index is 0.0971. The molecule has 5 rings (SSSR count). The van der Waals surface area contributed by atoms with E-state index in [2.05, 4.69) is 5.32 Å². The first-order valence-electron chi connectivity index (χ1n) is 8.85. The molecule has 2 bridgehead atoms. The van der Waals surface area contributed by atoms with Crippen LogP contribution in [0, 0.1) is 0 Å². The van der Waals surface area contributed by atoms with Crippen molar-refractivity contribution in [1.82, 2.24) is 0 Å². The van der Waals surface area contributed by atoms with Crippen molar-refractivity contribution in [2.24, 2.45) is 0 Å². The van der Waals surface area contributed by atoms with Crippen LogP contribution in [0.4, 0.5) is 18.9 Å². The highest BCUT2D eigenvalue weighted by molar-refractivity contribution is 6.17. The van der Waals surface area contributed by atoms with Crippen LogP contribution in [0.1, 0.15) is 28.3 Å². The van der Waals surface area contributed by atoms with Crippen LogP contribution in [0.3, 0.4) is 0 Å². The smallest absolute Gasteiger partial charge is 0.359 e. The van der Waals surface area contributed by atoms with E-state index in [4.69, 9.17) is 4.74 Å². The molecular formula is C21H14F3NO3. The quantitative estimate of drug-likeness (QED) is 0.493. The molecule has 3 aromatic carbocycles. The first kappa shape index (κ1) is 17.2.